The van der Waals surface area contributed by atoms with Gasteiger partial charge in [0.25, 0.3) is 0 Å². The van der Waals surface area contributed by atoms with Crippen molar-refractivity contribution in [2.24, 2.45) is 11.8 Å². The lowest BCUT2D eigenvalue weighted by Gasteiger charge is -2.32. The lowest BCUT2D eigenvalue weighted by Crippen LogP contribution is -2.57. The summed E-state index contributed by atoms with van der Waals surface area (Å²) >= 11 is 0. The van der Waals surface area contributed by atoms with Gasteiger partial charge in [-0.1, -0.05) is 13.8 Å². The van der Waals surface area contributed by atoms with Gasteiger partial charge in [0.1, 0.15) is 5.54 Å². The van der Waals surface area contributed by atoms with Gasteiger partial charge < -0.3 is 14.8 Å². The molecule has 1 saturated carbocycles. The van der Waals surface area contributed by atoms with E-state index in [4.69, 9.17) is 9.47 Å². The van der Waals surface area contributed by atoms with Crippen molar-refractivity contribution in [3.8, 4) is 0 Å². The third kappa shape index (κ3) is 3.45. The van der Waals surface area contributed by atoms with Crippen LogP contribution in [0.5, 0.6) is 0 Å². The van der Waals surface area contributed by atoms with Gasteiger partial charge in [0, 0.05) is 0 Å². The van der Waals surface area contributed by atoms with Crippen LogP contribution in [0.4, 0.5) is 0 Å². The highest BCUT2D eigenvalue weighted by Gasteiger charge is 2.51. The molecule has 2 unspecified atom stereocenters. The molecule has 0 radical (unpaired) electrons. The maximum atomic E-state index is 12.2. The summed E-state index contributed by atoms with van der Waals surface area (Å²) in [4.78, 5) is 12.2. The Morgan fingerprint density at radius 2 is 2.00 bits per heavy atom. The van der Waals surface area contributed by atoms with E-state index in [2.05, 4.69) is 19.2 Å². The monoisotopic (exact) mass is 257 g/mol. The van der Waals surface area contributed by atoms with E-state index in [9.17, 15) is 4.79 Å². The molecule has 0 heterocycles. The van der Waals surface area contributed by atoms with Crippen molar-refractivity contribution in [3.05, 3.63) is 0 Å². The van der Waals surface area contributed by atoms with Crippen LogP contribution in [0.2, 0.25) is 0 Å². The van der Waals surface area contributed by atoms with E-state index >= 15 is 0 Å². The Hall–Kier alpha value is -0.610. The molecular formula is C14H27NO3. The van der Waals surface area contributed by atoms with Gasteiger partial charge in [-0.15, -0.1) is 0 Å². The molecule has 4 heteroatoms. The average Bonchev–Trinajstić information content (AvgIpc) is 3.15. The van der Waals surface area contributed by atoms with Gasteiger partial charge >= 0.3 is 5.97 Å². The largest absolute Gasteiger partial charge is 0.465 e. The Morgan fingerprint density at radius 1 is 1.39 bits per heavy atom. The van der Waals surface area contributed by atoms with Crippen LogP contribution in [0.1, 0.15) is 40.5 Å². The number of hydrogen-bond acceptors (Lipinski definition) is 4. The van der Waals surface area contributed by atoms with Crippen LogP contribution in [-0.2, 0) is 14.3 Å². The molecule has 1 N–H and O–H groups in total. The Bertz CT molecular complexity index is 276. The second kappa shape index (κ2) is 6.53. The van der Waals surface area contributed by atoms with E-state index in [0.29, 0.717) is 25.0 Å². The van der Waals surface area contributed by atoms with Gasteiger partial charge in [0.15, 0.2) is 0 Å². The fraction of sp³-hybridized carbons (Fsp3) is 0.929. The Kier molecular flexibility index (Phi) is 5.60. The molecule has 0 aliphatic heterocycles. The molecule has 0 aromatic carbocycles. The van der Waals surface area contributed by atoms with E-state index in [-0.39, 0.29) is 12.1 Å². The minimum absolute atomic E-state index is 0.144. The highest BCUT2D eigenvalue weighted by Crippen LogP contribution is 2.40. The molecule has 1 aliphatic carbocycles. The summed E-state index contributed by atoms with van der Waals surface area (Å²) < 4.78 is 11.1. The number of carbonyl (C=O) groups is 1. The molecule has 0 aromatic rings. The number of nitrogens with one attached hydrogen (secondary N) is 1. The smallest absolute Gasteiger partial charge is 0.329 e. The zero-order valence-corrected chi connectivity index (χ0v) is 12.3. The minimum atomic E-state index is -0.654. The number of likely N-dealkylation sites (N-methyl/N-ethyl adjacent to an activating group) is 1. The second-order valence-electron chi connectivity index (χ2n) is 5.48. The van der Waals surface area contributed by atoms with Crippen molar-refractivity contribution >= 4 is 5.97 Å². The molecule has 0 aromatic heterocycles. The molecule has 0 amide bonds. The summed E-state index contributed by atoms with van der Waals surface area (Å²) in [5.41, 5.74) is -0.654. The number of carbonyl (C=O) groups excluding carboxylic acids is 1. The normalized spacial score (nSPS) is 20.6. The SMILES string of the molecule is CCOC(=O)C(COC(C)C(C)C)(NC)C1CC1. The fourth-order valence-corrected chi connectivity index (χ4v) is 2.01. The van der Waals surface area contributed by atoms with Crippen LogP contribution in [0.3, 0.4) is 0 Å². The summed E-state index contributed by atoms with van der Waals surface area (Å²) in [6.45, 7) is 8.92. The van der Waals surface area contributed by atoms with Crippen molar-refractivity contribution in [3.63, 3.8) is 0 Å². The molecule has 0 saturated heterocycles. The first kappa shape index (κ1) is 15.4. The molecule has 106 valence electrons. The number of ether oxygens (including phenoxy) is 2. The topological polar surface area (TPSA) is 47.6 Å². The summed E-state index contributed by atoms with van der Waals surface area (Å²) in [5, 5.41) is 3.16. The fourth-order valence-electron chi connectivity index (χ4n) is 2.01. The first-order valence-corrected chi connectivity index (χ1v) is 6.95. The lowest BCUT2D eigenvalue weighted by molar-refractivity contribution is -0.156. The molecule has 1 fully saturated rings. The maximum absolute atomic E-state index is 12.2. The van der Waals surface area contributed by atoms with Gasteiger partial charge in [-0.2, -0.15) is 0 Å². The van der Waals surface area contributed by atoms with Crippen molar-refractivity contribution in [1.29, 1.82) is 0 Å². The molecule has 2 atom stereocenters. The molecule has 4 nitrogen and oxygen atoms in total. The molecule has 0 spiro atoms. The van der Waals surface area contributed by atoms with Crippen molar-refractivity contribution < 1.29 is 14.3 Å². The lowest BCUT2D eigenvalue weighted by atomic mass is 9.94. The van der Waals surface area contributed by atoms with E-state index in [0.717, 1.165) is 12.8 Å². The Balaban J connectivity index is 2.68. The molecular weight excluding hydrogens is 230 g/mol. The second-order valence-corrected chi connectivity index (χ2v) is 5.48. The quantitative estimate of drug-likeness (QED) is 0.675. The van der Waals surface area contributed by atoms with Crippen molar-refractivity contribution in [1.82, 2.24) is 5.32 Å². The standard InChI is InChI=1S/C14H27NO3/c1-6-17-13(16)14(15-5,12-7-8-12)9-18-11(4)10(2)3/h10-12,15H,6-9H2,1-5H3. The van der Waals surface area contributed by atoms with E-state index in [1.807, 2.05) is 20.9 Å². The maximum Gasteiger partial charge on any atom is 0.329 e. The zero-order valence-electron chi connectivity index (χ0n) is 12.3. The Morgan fingerprint density at radius 3 is 2.39 bits per heavy atom. The predicted molar refractivity (Wildman–Crippen MR) is 71.4 cm³/mol. The number of hydrogen-bond donors (Lipinski definition) is 1. The highest BCUT2D eigenvalue weighted by molar-refractivity contribution is 5.82. The van der Waals surface area contributed by atoms with Gasteiger partial charge in [-0.05, 0) is 45.6 Å². The molecule has 1 aliphatic rings. The molecule has 1 rings (SSSR count). The summed E-state index contributed by atoms with van der Waals surface area (Å²) in [6, 6.07) is 0. The van der Waals surface area contributed by atoms with Crippen LogP contribution in [0.25, 0.3) is 0 Å². The van der Waals surface area contributed by atoms with Gasteiger partial charge in [0.2, 0.25) is 0 Å². The zero-order chi connectivity index (χ0) is 13.8. The number of rotatable bonds is 8. The summed E-state index contributed by atoms with van der Waals surface area (Å²) in [5.74, 6) is 0.618. The third-order valence-corrected chi connectivity index (χ3v) is 3.87. The van der Waals surface area contributed by atoms with Crippen LogP contribution < -0.4 is 5.32 Å². The van der Waals surface area contributed by atoms with Crippen molar-refractivity contribution in [2.45, 2.75) is 52.2 Å². The number of esters is 1. The van der Waals surface area contributed by atoms with Gasteiger partial charge in [0.05, 0.1) is 19.3 Å². The molecule has 18 heavy (non-hydrogen) atoms. The highest BCUT2D eigenvalue weighted by atomic mass is 16.5. The van der Waals surface area contributed by atoms with Crippen LogP contribution in [0.15, 0.2) is 0 Å². The van der Waals surface area contributed by atoms with E-state index in [1.54, 1.807) is 0 Å². The third-order valence-electron chi connectivity index (χ3n) is 3.87. The summed E-state index contributed by atoms with van der Waals surface area (Å²) in [6.07, 6.45) is 2.28. The van der Waals surface area contributed by atoms with E-state index < -0.39 is 5.54 Å². The summed E-state index contributed by atoms with van der Waals surface area (Å²) in [7, 11) is 1.82. The first-order valence-electron chi connectivity index (χ1n) is 6.95. The average molecular weight is 257 g/mol. The van der Waals surface area contributed by atoms with E-state index in [1.165, 1.54) is 0 Å². The van der Waals surface area contributed by atoms with Gasteiger partial charge in [-0.3, -0.25) is 0 Å². The minimum Gasteiger partial charge on any atom is -0.465 e. The van der Waals surface area contributed by atoms with Crippen LogP contribution >= 0.6 is 0 Å². The van der Waals surface area contributed by atoms with Crippen LogP contribution in [0, 0.1) is 11.8 Å². The van der Waals surface area contributed by atoms with Crippen molar-refractivity contribution in [2.75, 3.05) is 20.3 Å². The predicted octanol–water partition coefficient (Wildman–Crippen LogP) is 1.98. The van der Waals surface area contributed by atoms with Gasteiger partial charge in [-0.25, -0.2) is 4.79 Å². The first-order chi connectivity index (χ1) is 8.47. The van der Waals surface area contributed by atoms with Crippen LogP contribution in [-0.4, -0.2) is 37.9 Å². The Labute approximate surface area is 110 Å². The molecule has 0 bridgehead atoms.